The Hall–Kier alpha value is 0.205. The zero-order valence-corrected chi connectivity index (χ0v) is 7.63. The van der Waals surface area contributed by atoms with Crippen LogP contribution in [0.15, 0.2) is 0 Å². The van der Waals surface area contributed by atoms with Crippen LogP contribution in [0.25, 0.3) is 0 Å². The molecule has 0 spiro atoms. The highest BCUT2D eigenvalue weighted by Gasteiger charge is 2.22. The molecule has 0 aromatic rings. The van der Waals surface area contributed by atoms with Gasteiger partial charge in [0.05, 0.1) is 0 Å². The molecule has 68 valence electrons. The molecule has 0 aromatic carbocycles. The summed E-state index contributed by atoms with van der Waals surface area (Å²) in [6.07, 6.45) is 0.956. The van der Waals surface area contributed by atoms with E-state index in [0.29, 0.717) is 11.7 Å². The van der Waals surface area contributed by atoms with Gasteiger partial charge in [-0.2, -0.15) is 11.8 Å². The topological polar surface area (TPSA) is 0 Å². The lowest BCUT2D eigenvalue weighted by Gasteiger charge is -2.14. The van der Waals surface area contributed by atoms with E-state index in [1.807, 2.05) is 13.8 Å². The van der Waals surface area contributed by atoms with Crippen LogP contribution in [0.1, 0.15) is 20.3 Å². The molecule has 11 heavy (non-hydrogen) atoms. The van der Waals surface area contributed by atoms with Gasteiger partial charge in [0, 0.05) is 0 Å². The fraction of sp³-hybridized carbons (Fsp3) is 1.00. The van der Waals surface area contributed by atoms with Gasteiger partial charge >= 0.3 is 6.98 Å². The Labute approximate surface area is 70.0 Å². The largest absolute Gasteiger partial charge is 0.488 e. The molecular weight excluding hydrogens is 172 g/mol. The van der Waals surface area contributed by atoms with Crippen molar-refractivity contribution in [1.82, 2.24) is 0 Å². The lowest BCUT2D eigenvalue weighted by Crippen LogP contribution is -2.20. The van der Waals surface area contributed by atoms with Crippen molar-refractivity contribution in [1.29, 1.82) is 0 Å². The Morgan fingerprint density at radius 2 is 1.91 bits per heavy atom. The normalized spacial score (nSPS) is 15.0. The van der Waals surface area contributed by atoms with Gasteiger partial charge in [-0.05, 0) is 17.3 Å². The lowest BCUT2D eigenvalue weighted by molar-refractivity contribution is 0.485. The van der Waals surface area contributed by atoms with E-state index in [0.717, 1.165) is 18.2 Å². The van der Waals surface area contributed by atoms with Crippen LogP contribution < -0.4 is 0 Å². The van der Waals surface area contributed by atoms with E-state index in [4.69, 9.17) is 0 Å². The van der Waals surface area contributed by atoms with E-state index in [9.17, 15) is 12.9 Å². The maximum Gasteiger partial charge on any atom is 0.488 e. The predicted octanol–water partition coefficient (Wildman–Crippen LogP) is 3.15. The average molecular weight is 185 g/mol. The highest BCUT2D eigenvalue weighted by atomic mass is 32.2. The van der Waals surface area contributed by atoms with Crippen LogP contribution in [0.3, 0.4) is 0 Å². The SMILES string of the molecule is CCC(C)CSC[B-](F)(F)F. The zero-order chi connectivity index (χ0) is 8.91. The molecule has 0 fully saturated rings. The maximum atomic E-state index is 11.7. The van der Waals surface area contributed by atoms with E-state index >= 15 is 0 Å². The summed E-state index contributed by atoms with van der Waals surface area (Å²) in [7, 11) is 0. The van der Waals surface area contributed by atoms with Gasteiger partial charge in [0.15, 0.2) is 0 Å². The van der Waals surface area contributed by atoms with E-state index in [1.165, 1.54) is 0 Å². The van der Waals surface area contributed by atoms with Gasteiger partial charge in [-0.25, -0.2) is 0 Å². The number of thioether (sulfide) groups is 1. The molecule has 0 N–H and O–H groups in total. The molecular formula is C6H13BF3S-. The molecule has 0 amide bonds. The van der Waals surface area contributed by atoms with Crippen molar-refractivity contribution in [3.05, 3.63) is 0 Å². The summed E-state index contributed by atoms with van der Waals surface area (Å²) >= 11 is 0.996. The van der Waals surface area contributed by atoms with Crippen molar-refractivity contribution in [2.45, 2.75) is 20.3 Å². The van der Waals surface area contributed by atoms with Gasteiger partial charge in [0.25, 0.3) is 0 Å². The van der Waals surface area contributed by atoms with Crippen molar-refractivity contribution in [2.24, 2.45) is 5.92 Å². The monoisotopic (exact) mass is 185 g/mol. The highest BCUT2D eigenvalue weighted by molar-refractivity contribution is 8.00. The number of halogens is 3. The summed E-state index contributed by atoms with van der Waals surface area (Å²) < 4.78 is 35.0. The lowest BCUT2D eigenvalue weighted by atomic mass is 9.98. The van der Waals surface area contributed by atoms with Crippen molar-refractivity contribution >= 4 is 18.7 Å². The van der Waals surface area contributed by atoms with Crippen LogP contribution in [-0.4, -0.2) is 18.4 Å². The van der Waals surface area contributed by atoms with Gasteiger partial charge in [0.2, 0.25) is 0 Å². The third kappa shape index (κ3) is 8.11. The summed E-state index contributed by atoms with van der Waals surface area (Å²) in [6.45, 7) is -0.616. The molecule has 0 saturated carbocycles. The number of hydrogen-bond donors (Lipinski definition) is 0. The summed E-state index contributed by atoms with van der Waals surface area (Å²) in [6, 6.07) is 0. The first-order valence-corrected chi connectivity index (χ1v) is 4.90. The molecule has 0 aromatic heterocycles. The molecule has 0 aliphatic heterocycles. The number of hydrogen-bond acceptors (Lipinski definition) is 1. The molecule has 0 nitrogen and oxygen atoms in total. The third-order valence-corrected chi connectivity index (χ3v) is 2.82. The second-order valence-corrected chi connectivity index (χ2v) is 3.84. The molecule has 0 aliphatic rings. The fourth-order valence-electron chi connectivity index (χ4n) is 0.521. The molecule has 0 radical (unpaired) electrons. The Bertz CT molecular complexity index is 104. The van der Waals surface area contributed by atoms with Gasteiger partial charge in [0.1, 0.15) is 0 Å². The van der Waals surface area contributed by atoms with Gasteiger partial charge < -0.3 is 12.9 Å². The van der Waals surface area contributed by atoms with E-state index in [-0.39, 0.29) is 0 Å². The quantitative estimate of drug-likeness (QED) is 0.592. The average Bonchev–Trinajstić information content (AvgIpc) is 1.85. The maximum absolute atomic E-state index is 11.7. The van der Waals surface area contributed by atoms with Crippen LogP contribution in [0.5, 0.6) is 0 Å². The molecule has 0 rings (SSSR count). The Kier molecular flexibility index (Phi) is 5.05. The fourth-order valence-corrected chi connectivity index (χ4v) is 1.56. The van der Waals surface area contributed by atoms with Gasteiger partial charge in [-0.15, -0.1) is 0 Å². The minimum Gasteiger partial charge on any atom is -0.448 e. The molecule has 1 unspecified atom stereocenters. The zero-order valence-electron chi connectivity index (χ0n) is 6.82. The van der Waals surface area contributed by atoms with E-state index in [1.54, 1.807) is 0 Å². The summed E-state index contributed by atoms with van der Waals surface area (Å²) in [5.74, 6) is 1.02. The molecule has 1 atom stereocenters. The predicted molar refractivity (Wildman–Crippen MR) is 45.9 cm³/mol. The van der Waals surface area contributed by atoms with Crippen LogP contribution >= 0.6 is 11.8 Å². The minimum atomic E-state index is -4.57. The highest BCUT2D eigenvalue weighted by Crippen LogP contribution is 2.19. The Morgan fingerprint density at radius 1 is 1.36 bits per heavy atom. The van der Waals surface area contributed by atoms with Crippen molar-refractivity contribution in [3.8, 4) is 0 Å². The minimum absolute atomic E-state index is 0.401. The van der Waals surface area contributed by atoms with Crippen LogP contribution in [0.2, 0.25) is 0 Å². The van der Waals surface area contributed by atoms with Crippen LogP contribution in [0, 0.1) is 5.92 Å². The molecule has 0 heterocycles. The van der Waals surface area contributed by atoms with Crippen LogP contribution in [0.4, 0.5) is 12.9 Å². The first kappa shape index (κ1) is 11.2. The molecule has 0 bridgehead atoms. The second kappa shape index (κ2) is 4.96. The Balaban J connectivity index is 3.28. The molecule has 0 saturated heterocycles. The van der Waals surface area contributed by atoms with Crippen LogP contribution in [-0.2, 0) is 0 Å². The summed E-state index contributed by atoms with van der Waals surface area (Å²) in [4.78, 5) is 0. The first-order valence-electron chi connectivity index (χ1n) is 3.74. The molecule has 5 heteroatoms. The second-order valence-electron chi connectivity index (χ2n) is 2.76. The smallest absolute Gasteiger partial charge is 0.448 e. The molecule has 0 aliphatic carbocycles. The third-order valence-electron chi connectivity index (χ3n) is 1.41. The Morgan fingerprint density at radius 3 is 2.27 bits per heavy atom. The van der Waals surface area contributed by atoms with E-state index < -0.39 is 12.6 Å². The summed E-state index contributed by atoms with van der Waals surface area (Å²) in [5, 5.41) is 0. The van der Waals surface area contributed by atoms with Gasteiger partial charge in [-0.3, -0.25) is 0 Å². The van der Waals surface area contributed by atoms with Crippen molar-refractivity contribution in [2.75, 3.05) is 11.4 Å². The van der Waals surface area contributed by atoms with Crippen molar-refractivity contribution in [3.63, 3.8) is 0 Å². The first-order chi connectivity index (χ1) is 4.95. The van der Waals surface area contributed by atoms with Crippen molar-refractivity contribution < 1.29 is 12.9 Å². The summed E-state index contributed by atoms with van der Waals surface area (Å²) in [5.41, 5.74) is -0.648. The van der Waals surface area contributed by atoms with Gasteiger partial charge in [-0.1, -0.05) is 20.3 Å². The number of rotatable bonds is 5. The standard InChI is InChI=1S/C6H13BF3S/c1-3-6(2)4-11-5-7(8,9)10/h6H,3-5H2,1-2H3/q-1. The van der Waals surface area contributed by atoms with E-state index in [2.05, 4.69) is 0 Å².